The largest absolute Gasteiger partial charge is 0.497 e. The second-order valence-corrected chi connectivity index (χ2v) is 3.23. The summed E-state index contributed by atoms with van der Waals surface area (Å²) in [6.45, 7) is 2.16. The molecule has 0 bridgehead atoms. The van der Waals surface area contributed by atoms with Crippen molar-refractivity contribution in [3.8, 4) is 5.75 Å². The highest BCUT2D eigenvalue weighted by Crippen LogP contribution is 2.27. The van der Waals surface area contributed by atoms with Crippen LogP contribution in [0.2, 0.25) is 0 Å². The fourth-order valence-corrected chi connectivity index (χ4v) is 1.62. The smallest absolute Gasteiger partial charge is 0.119 e. The Morgan fingerprint density at radius 1 is 1.33 bits per heavy atom. The van der Waals surface area contributed by atoms with Gasteiger partial charge in [0.15, 0.2) is 0 Å². The molecule has 0 aliphatic heterocycles. The molecule has 1 aliphatic rings. The monoisotopic (exact) mass is 160 g/mol. The van der Waals surface area contributed by atoms with Gasteiger partial charge in [0.05, 0.1) is 7.11 Å². The highest BCUT2D eigenvalue weighted by molar-refractivity contribution is 5.64. The number of methoxy groups -OCH3 is 1. The van der Waals surface area contributed by atoms with Crippen molar-refractivity contribution in [1.82, 2.24) is 0 Å². The van der Waals surface area contributed by atoms with Crippen molar-refractivity contribution >= 4 is 6.08 Å². The maximum Gasteiger partial charge on any atom is 0.119 e. The highest BCUT2D eigenvalue weighted by Gasteiger charge is 2.09. The van der Waals surface area contributed by atoms with Crippen LogP contribution in [-0.2, 0) is 6.42 Å². The molecule has 0 N–H and O–H groups in total. The van der Waals surface area contributed by atoms with Crippen LogP contribution in [-0.4, -0.2) is 7.11 Å². The lowest BCUT2D eigenvalue weighted by atomic mass is 10.1. The summed E-state index contributed by atoms with van der Waals surface area (Å²) >= 11 is 0. The molecule has 1 aromatic rings. The van der Waals surface area contributed by atoms with Crippen molar-refractivity contribution < 1.29 is 4.74 Å². The zero-order valence-corrected chi connectivity index (χ0v) is 7.42. The van der Waals surface area contributed by atoms with Gasteiger partial charge in [-0.2, -0.15) is 0 Å². The minimum Gasteiger partial charge on any atom is -0.497 e. The maximum absolute atomic E-state index is 5.15. The zero-order valence-electron chi connectivity index (χ0n) is 7.42. The Kier molecular flexibility index (Phi) is 1.65. The summed E-state index contributed by atoms with van der Waals surface area (Å²) in [7, 11) is 1.71. The van der Waals surface area contributed by atoms with Gasteiger partial charge < -0.3 is 4.74 Å². The molecule has 12 heavy (non-hydrogen) atoms. The van der Waals surface area contributed by atoms with Crippen LogP contribution >= 0.6 is 0 Å². The van der Waals surface area contributed by atoms with Crippen LogP contribution in [0.3, 0.4) is 0 Å². The van der Waals surface area contributed by atoms with E-state index in [1.54, 1.807) is 7.11 Å². The number of benzene rings is 1. The summed E-state index contributed by atoms with van der Waals surface area (Å²) in [5.41, 5.74) is 4.15. The molecule has 0 saturated carbocycles. The Balaban J connectivity index is 2.42. The summed E-state index contributed by atoms with van der Waals surface area (Å²) in [6, 6.07) is 6.24. The SMILES string of the molecule is COc1ccc2c(c1)CC(C)=C2. The molecule has 0 radical (unpaired) electrons. The van der Waals surface area contributed by atoms with Gasteiger partial charge in [0.1, 0.15) is 5.75 Å². The fourth-order valence-electron chi connectivity index (χ4n) is 1.62. The fraction of sp³-hybridized carbons (Fsp3) is 0.273. The summed E-state index contributed by atoms with van der Waals surface area (Å²) < 4.78 is 5.15. The molecular formula is C11H12O. The third-order valence-electron chi connectivity index (χ3n) is 2.22. The van der Waals surface area contributed by atoms with Gasteiger partial charge in [0, 0.05) is 0 Å². The van der Waals surface area contributed by atoms with E-state index in [0.29, 0.717) is 0 Å². The third kappa shape index (κ3) is 1.11. The van der Waals surface area contributed by atoms with Crippen LogP contribution < -0.4 is 4.74 Å². The van der Waals surface area contributed by atoms with E-state index >= 15 is 0 Å². The topological polar surface area (TPSA) is 9.23 Å². The Labute approximate surface area is 72.7 Å². The lowest BCUT2D eigenvalue weighted by molar-refractivity contribution is 0.414. The van der Waals surface area contributed by atoms with E-state index in [1.165, 1.54) is 16.7 Å². The van der Waals surface area contributed by atoms with Gasteiger partial charge in [-0.15, -0.1) is 0 Å². The molecular weight excluding hydrogens is 148 g/mol. The van der Waals surface area contributed by atoms with Gasteiger partial charge in [0.25, 0.3) is 0 Å². The quantitative estimate of drug-likeness (QED) is 0.613. The summed E-state index contributed by atoms with van der Waals surface area (Å²) in [6.07, 6.45) is 3.31. The minimum atomic E-state index is 0.955. The molecule has 0 amide bonds. The van der Waals surface area contributed by atoms with E-state index in [2.05, 4.69) is 25.1 Å². The third-order valence-corrected chi connectivity index (χ3v) is 2.22. The molecule has 0 aromatic heterocycles. The predicted molar refractivity (Wildman–Crippen MR) is 50.3 cm³/mol. The highest BCUT2D eigenvalue weighted by atomic mass is 16.5. The number of ether oxygens (including phenoxy) is 1. The predicted octanol–water partition coefficient (Wildman–Crippen LogP) is 2.65. The molecule has 0 fully saturated rings. The van der Waals surface area contributed by atoms with Gasteiger partial charge in [0.2, 0.25) is 0 Å². The first kappa shape index (κ1) is 7.41. The summed E-state index contributed by atoms with van der Waals surface area (Å²) in [5.74, 6) is 0.955. The molecule has 1 heteroatoms. The van der Waals surface area contributed by atoms with Crippen LogP contribution in [0, 0.1) is 0 Å². The average Bonchev–Trinajstić information content (AvgIpc) is 2.43. The molecule has 62 valence electrons. The molecule has 0 heterocycles. The maximum atomic E-state index is 5.15. The van der Waals surface area contributed by atoms with E-state index in [9.17, 15) is 0 Å². The van der Waals surface area contributed by atoms with Crippen molar-refractivity contribution in [1.29, 1.82) is 0 Å². The molecule has 1 aliphatic carbocycles. The van der Waals surface area contributed by atoms with Crippen molar-refractivity contribution in [3.05, 3.63) is 34.9 Å². The van der Waals surface area contributed by atoms with E-state index in [4.69, 9.17) is 4.74 Å². The molecule has 0 spiro atoms. The van der Waals surface area contributed by atoms with Crippen LogP contribution in [0.4, 0.5) is 0 Å². The molecule has 0 saturated heterocycles. The van der Waals surface area contributed by atoms with Crippen molar-refractivity contribution in [2.45, 2.75) is 13.3 Å². The van der Waals surface area contributed by atoms with E-state index < -0.39 is 0 Å². The van der Waals surface area contributed by atoms with E-state index in [1.807, 2.05) is 6.07 Å². The number of hydrogen-bond acceptors (Lipinski definition) is 1. The normalized spacial score (nSPS) is 14.0. The van der Waals surface area contributed by atoms with Crippen molar-refractivity contribution in [3.63, 3.8) is 0 Å². The Bertz CT molecular complexity index is 337. The van der Waals surface area contributed by atoms with E-state index in [0.717, 1.165) is 12.2 Å². The van der Waals surface area contributed by atoms with Gasteiger partial charge >= 0.3 is 0 Å². The standard InChI is InChI=1S/C11H12O/c1-8-5-9-3-4-11(12-2)7-10(9)6-8/h3-5,7H,6H2,1-2H3. The number of hydrogen-bond donors (Lipinski definition) is 0. The summed E-state index contributed by atoms with van der Waals surface area (Å²) in [4.78, 5) is 0. The lowest BCUT2D eigenvalue weighted by Gasteiger charge is -2.02. The number of fused-ring (bicyclic) bond motifs is 1. The number of rotatable bonds is 1. The first-order valence-electron chi connectivity index (χ1n) is 4.13. The molecule has 0 atom stereocenters. The van der Waals surface area contributed by atoms with Crippen LogP contribution in [0.5, 0.6) is 5.75 Å². The van der Waals surface area contributed by atoms with Crippen molar-refractivity contribution in [2.75, 3.05) is 7.11 Å². The second-order valence-electron chi connectivity index (χ2n) is 3.23. The van der Waals surface area contributed by atoms with Crippen LogP contribution in [0.15, 0.2) is 23.8 Å². The summed E-state index contributed by atoms with van der Waals surface area (Å²) in [5, 5.41) is 0. The second kappa shape index (κ2) is 2.67. The average molecular weight is 160 g/mol. The Morgan fingerprint density at radius 3 is 2.92 bits per heavy atom. The van der Waals surface area contributed by atoms with Crippen LogP contribution in [0.25, 0.3) is 6.08 Å². The Morgan fingerprint density at radius 2 is 2.17 bits per heavy atom. The first-order valence-corrected chi connectivity index (χ1v) is 4.13. The Hall–Kier alpha value is -1.24. The van der Waals surface area contributed by atoms with Gasteiger partial charge in [-0.25, -0.2) is 0 Å². The van der Waals surface area contributed by atoms with Crippen molar-refractivity contribution in [2.24, 2.45) is 0 Å². The lowest BCUT2D eigenvalue weighted by Crippen LogP contribution is -1.86. The van der Waals surface area contributed by atoms with Gasteiger partial charge in [-0.3, -0.25) is 0 Å². The molecule has 2 rings (SSSR count). The van der Waals surface area contributed by atoms with Crippen LogP contribution in [0.1, 0.15) is 18.1 Å². The number of allylic oxidation sites excluding steroid dienone is 1. The molecule has 1 nitrogen and oxygen atoms in total. The van der Waals surface area contributed by atoms with Gasteiger partial charge in [-0.05, 0) is 36.6 Å². The minimum absolute atomic E-state index is 0.955. The van der Waals surface area contributed by atoms with Gasteiger partial charge in [-0.1, -0.05) is 17.7 Å². The molecule has 1 aromatic carbocycles. The first-order chi connectivity index (χ1) is 5.79. The van der Waals surface area contributed by atoms with E-state index in [-0.39, 0.29) is 0 Å². The zero-order chi connectivity index (χ0) is 8.55. The molecule has 0 unspecified atom stereocenters.